The second-order valence-electron chi connectivity index (χ2n) is 6.23. The van der Waals surface area contributed by atoms with Gasteiger partial charge < -0.3 is 10.1 Å². The van der Waals surface area contributed by atoms with Crippen molar-refractivity contribution >= 4 is 33.5 Å². The van der Waals surface area contributed by atoms with Crippen molar-refractivity contribution in [2.24, 2.45) is 0 Å². The van der Waals surface area contributed by atoms with Crippen LogP contribution in [0.25, 0.3) is 0 Å². The Labute approximate surface area is 157 Å². The maximum atomic E-state index is 12.0. The number of methoxy groups -OCH3 is 1. The van der Waals surface area contributed by atoms with Crippen LogP contribution in [0.5, 0.6) is 0 Å². The monoisotopic (exact) mass is 385 g/mol. The quantitative estimate of drug-likeness (QED) is 0.400. The number of hydrogen-bond donors (Lipinski definition) is 1. The van der Waals surface area contributed by atoms with Gasteiger partial charge >= 0.3 is 5.97 Å². The van der Waals surface area contributed by atoms with Gasteiger partial charge in [0.1, 0.15) is 6.54 Å². The van der Waals surface area contributed by atoms with Crippen LogP contribution in [0, 0.1) is 13.8 Å². The van der Waals surface area contributed by atoms with Crippen molar-refractivity contribution in [3.05, 3.63) is 17.0 Å². The smallest absolute Gasteiger partial charge is 0.327 e. The normalized spacial score (nSPS) is 16.8. The van der Waals surface area contributed by atoms with Crippen LogP contribution in [-0.2, 0) is 27.4 Å². The molecule has 1 fully saturated rings. The molecule has 1 aliphatic rings. The van der Waals surface area contributed by atoms with Gasteiger partial charge in [-0.1, -0.05) is 28.0 Å². The number of carbonyl (C=O) groups is 2. The first-order valence-electron chi connectivity index (χ1n) is 8.66. The van der Waals surface area contributed by atoms with E-state index in [1.165, 1.54) is 25.7 Å². The molecule has 25 heavy (non-hydrogen) atoms. The standard InChI is InChI=1S/C17H27N3O3S2/c1-12-15(13(2)20(19-12)11-17(22)23-3)10-18-16(21)7-5-4-6-14-8-9-24-25-14/h14H,4-11H2,1-3H3,(H,18,21). The lowest BCUT2D eigenvalue weighted by molar-refractivity contribution is -0.141. The third-order valence-electron chi connectivity index (χ3n) is 4.41. The topological polar surface area (TPSA) is 73.2 Å². The van der Waals surface area contributed by atoms with E-state index in [-0.39, 0.29) is 18.4 Å². The molecule has 0 radical (unpaired) electrons. The molecule has 1 N–H and O–H groups in total. The maximum absolute atomic E-state index is 12.0. The van der Waals surface area contributed by atoms with Gasteiger partial charge in [-0.15, -0.1) is 0 Å². The third kappa shape index (κ3) is 6.26. The fraction of sp³-hybridized carbons (Fsp3) is 0.706. The summed E-state index contributed by atoms with van der Waals surface area (Å²) >= 11 is 0. The van der Waals surface area contributed by atoms with E-state index in [0.29, 0.717) is 13.0 Å². The van der Waals surface area contributed by atoms with E-state index in [9.17, 15) is 9.59 Å². The van der Waals surface area contributed by atoms with Crippen LogP contribution in [0.1, 0.15) is 49.1 Å². The zero-order valence-electron chi connectivity index (χ0n) is 15.2. The number of hydrogen-bond acceptors (Lipinski definition) is 6. The Kier molecular flexibility index (Phi) is 8.15. The Morgan fingerprint density at radius 3 is 2.84 bits per heavy atom. The van der Waals surface area contributed by atoms with Crippen molar-refractivity contribution < 1.29 is 14.3 Å². The van der Waals surface area contributed by atoms with Crippen LogP contribution in [0.2, 0.25) is 0 Å². The van der Waals surface area contributed by atoms with Crippen LogP contribution < -0.4 is 5.32 Å². The molecule has 1 aromatic heterocycles. The lowest BCUT2D eigenvalue weighted by atomic mass is 10.1. The van der Waals surface area contributed by atoms with Crippen molar-refractivity contribution in [1.82, 2.24) is 15.1 Å². The minimum atomic E-state index is -0.333. The highest BCUT2D eigenvalue weighted by molar-refractivity contribution is 8.77. The number of amides is 1. The van der Waals surface area contributed by atoms with E-state index in [1.807, 2.05) is 35.4 Å². The molecule has 1 amide bonds. The fourth-order valence-corrected chi connectivity index (χ4v) is 5.86. The average Bonchev–Trinajstić information content (AvgIpc) is 3.19. The summed E-state index contributed by atoms with van der Waals surface area (Å²) in [6, 6.07) is 0. The van der Waals surface area contributed by atoms with Crippen molar-refractivity contribution in [1.29, 1.82) is 0 Å². The van der Waals surface area contributed by atoms with Gasteiger partial charge in [-0.25, -0.2) is 0 Å². The minimum Gasteiger partial charge on any atom is -0.468 e. The number of unbranched alkanes of at least 4 members (excludes halogenated alkanes) is 1. The van der Waals surface area contributed by atoms with E-state index in [0.717, 1.165) is 35.0 Å². The predicted octanol–water partition coefficient (Wildman–Crippen LogP) is 3.00. The second kappa shape index (κ2) is 10.1. The Morgan fingerprint density at radius 2 is 2.16 bits per heavy atom. The molecule has 0 bridgehead atoms. The highest BCUT2D eigenvalue weighted by Crippen LogP contribution is 2.39. The van der Waals surface area contributed by atoms with Crippen molar-refractivity contribution in [3.8, 4) is 0 Å². The van der Waals surface area contributed by atoms with E-state index in [2.05, 4.69) is 15.2 Å². The highest BCUT2D eigenvalue weighted by Gasteiger charge is 2.17. The van der Waals surface area contributed by atoms with Crippen LogP contribution in [-0.4, -0.2) is 39.8 Å². The summed E-state index contributed by atoms with van der Waals surface area (Å²) in [4.78, 5) is 23.5. The van der Waals surface area contributed by atoms with Gasteiger partial charge in [0.05, 0.1) is 12.8 Å². The number of ether oxygens (including phenoxy) is 1. The summed E-state index contributed by atoms with van der Waals surface area (Å²) in [7, 11) is 5.32. The number of nitrogens with one attached hydrogen (secondary N) is 1. The summed E-state index contributed by atoms with van der Waals surface area (Å²) in [5.41, 5.74) is 2.69. The molecule has 2 heterocycles. The van der Waals surface area contributed by atoms with Crippen LogP contribution in [0.15, 0.2) is 0 Å². The van der Waals surface area contributed by atoms with Gasteiger partial charge in [-0.2, -0.15) is 5.10 Å². The zero-order chi connectivity index (χ0) is 18.2. The molecule has 6 nitrogen and oxygen atoms in total. The van der Waals surface area contributed by atoms with Crippen molar-refractivity contribution in [2.45, 2.75) is 64.3 Å². The Hall–Kier alpha value is -1.15. The summed E-state index contributed by atoms with van der Waals surface area (Å²) in [5.74, 6) is 1.01. The van der Waals surface area contributed by atoms with E-state index < -0.39 is 0 Å². The third-order valence-corrected chi connectivity index (χ3v) is 7.41. The fourth-order valence-electron chi connectivity index (χ4n) is 2.83. The first-order valence-corrected chi connectivity index (χ1v) is 11.0. The van der Waals surface area contributed by atoms with Crippen LogP contribution >= 0.6 is 21.6 Å². The highest BCUT2D eigenvalue weighted by atomic mass is 33.1. The van der Waals surface area contributed by atoms with E-state index in [1.54, 1.807) is 4.68 Å². The summed E-state index contributed by atoms with van der Waals surface area (Å²) < 4.78 is 6.30. The summed E-state index contributed by atoms with van der Waals surface area (Å²) in [6.45, 7) is 4.34. The zero-order valence-corrected chi connectivity index (χ0v) is 16.8. The number of nitrogens with zero attached hydrogens (tertiary/aromatic N) is 2. The number of aromatic nitrogens is 2. The predicted molar refractivity (Wildman–Crippen MR) is 102 cm³/mol. The SMILES string of the molecule is COC(=O)Cn1nc(C)c(CNC(=O)CCCCC2CCSS2)c1C. The molecule has 1 aromatic rings. The van der Waals surface area contributed by atoms with Gasteiger partial charge in [-0.3, -0.25) is 14.3 Å². The number of aryl methyl sites for hydroxylation is 1. The number of carbonyl (C=O) groups excluding carboxylic acids is 2. The minimum absolute atomic E-state index is 0.0768. The van der Waals surface area contributed by atoms with Crippen LogP contribution in [0.3, 0.4) is 0 Å². The van der Waals surface area contributed by atoms with Gasteiger partial charge in [-0.05, 0) is 33.1 Å². The molecule has 1 unspecified atom stereocenters. The molecule has 0 spiro atoms. The first-order chi connectivity index (χ1) is 12.0. The van der Waals surface area contributed by atoms with Crippen LogP contribution in [0.4, 0.5) is 0 Å². The molecular formula is C17H27N3O3S2. The molecule has 2 rings (SSSR count). The molecular weight excluding hydrogens is 358 g/mol. The lowest BCUT2D eigenvalue weighted by Gasteiger charge is -2.08. The van der Waals surface area contributed by atoms with E-state index >= 15 is 0 Å². The second-order valence-corrected chi connectivity index (χ2v) is 9.02. The Morgan fingerprint density at radius 1 is 1.36 bits per heavy atom. The molecule has 0 aromatic carbocycles. The van der Waals surface area contributed by atoms with Gasteiger partial charge in [0.15, 0.2) is 0 Å². The molecule has 0 aliphatic carbocycles. The number of rotatable bonds is 9. The lowest BCUT2D eigenvalue weighted by Crippen LogP contribution is -2.23. The molecule has 1 aliphatic heterocycles. The van der Waals surface area contributed by atoms with E-state index in [4.69, 9.17) is 0 Å². The van der Waals surface area contributed by atoms with Gasteiger partial charge in [0.25, 0.3) is 0 Å². The molecule has 1 saturated heterocycles. The Balaban J connectivity index is 1.72. The maximum Gasteiger partial charge on any atom is 0.327 e. The molecule has 0 saturated carbocycles. The molecule has 8 heteroatoms. The summed E-state index contributed by atoms with van der Waals surface area (Å²) in [5, 5.41) is 8.10. The summed E-state index contributed by atoms with van der Waals surface area (Å²) in [6.07, 6.45) is 5.13. The van der Waals surface area contributed by atoms with Crippen molar-refractivity contribution in [3.63, 3.8) is 0 Å². The average molecular weight is 386 g/mol. The van der Waals surface area contributed by atoms with Gasteiger partial charge in [0, 0.05) is 35.2 Å². The van der Waals surface area contributed by atoms with Gasteiger partial charge in [0.2, 0.25) is 5.91 Å². The number of esters is 1. The first kappa shape index (κ1) is 20.2. The Bertz CT molecular complexity index is 598. The van der Waals surface area contributed by atoms with Crippen molar-refractivity contribution in [2.75, 3.05) is 12.9 Å². The molecule has 140 valence electrons. The molecule has 1 atom stereocenters. The largest absolute Gasteiger partial charge is 0.468 e.